The molecule has 1 rings (SSSR count). The van der Waals surface area contributed by atoms with Gasteiger partial charge in [0.1, 0.15) is 0 Å². The molecule has 0 spiro atoms. The highest BCUT2D eigenvalue weighted by atomic mass is 16.5. The van der Waals surface area contributed by atoms with Gasteiger partial charge in [0.15, 0.2) is 0 Å². The van der Waals surface area contributed by atoms with Crippen molar-refractivity contribution in [3.05, 3.63) is 0 Å². The fraction of sp³-hybridized carbons (Fsp3) is 0.909. The van der Waals surface area contributed by atoms with Crippen molar-refractivity contribution in [3.63, 3.8) is 0 Å². The second-order valence-corrected chi connectivity index (χ2v) is 4.01. The first kappa shape index (κ1) is 12.4. The second kappa shape index (κ2) is 6.78. The molecule has 1 saturated heterocycles. The number of hydrogen-bond acceptors (Lipinski definition) is 4. The van der Waals surface area contributed by atoms with Gasteiger partial charge in [0.25, 0.3) is 0 Å². The first-order valence-electron chi connectivity index (χ1n) is 5.73. The van der Waals surface area contributed by atoms with Gasteiger partial charge in [0, 0.05) is 19.6 Å². The Morgan fingerprint density at radius 2 is 2.47 bits per heavy atom. The number of ether oxygens (including phenoxy) is 1. The fourth-order valence-electron chi connectivity index (χ4n) is 1.86. The molecule has 2 atom stereocenters. The summed E-state index contributed by atoms with van der Waals surface area (Å²) in [7, 11) is 0. The molecule has 0 amide bonds. The largest absolute Gasteiger partial charge is 0.376 e. The zero-order chi connectivity index (χ0) is 11.1. The summed E-state index contributed by atoms with van der Waals surface area (Å²) in [5, 5.41) is 12.0. The van der Waals surface area contributed by atoms with E-state index in [2.05, 4.69) is 23.2 Å². The van der Waals surface area contributed by atoms with Crippen LogP contribution in [0.15, 0.2) is 0 Å². The first-order valence-corrected chi connectivity index (χ1v) is 5.73. The Bertz CT molecular complexity index is 214. The molecule has 0 bridgehead atoms. The lowest BCUT2D eigenvalue weighted by Gasteiger charge is -2.31. The Morgan fingerprint density at radius 3 is 3.07 bits per heavy atom. The molecule has 0 aliphatic carbocycles. The summed E-state index contributed by atoms with van der Waals surface area (Å²) in [5.74, 6) is 0. The molecule has 0 aromatic rings. The van der Waals surface area contributed by atoms with Crippen LogP contribution in [0, 0.1) is 11.3 Å². The molecule has 0 saturated carbocycles. The highest BCUT2D eigenvalue weighted by molar-refractivity contribution is 4.90. The minimum Gasteiger partial charge on any atom is -0.376 e. The van der Waals surface area contributed by atoms with Gasteiger partial charge in [0.2, 0.25) is 0 Å². The molecule has 0 aromatic carbocycles. The quantitative estimate of drug-likeness (QED) is 0.723. The maximum Gasteiger partial charge on any atom is 0.0965 e. The van der Waals surface area contributed by atoms with Gasteiger partial charge in [-0.15, -0.1) is 0 Å². The smallest absolute Gasteiger partial charge is 0.0965 e. The molecule has 15 heavy (non-hydrogen) atoms. The van der Waals surface area contributed by atoms with Crippen LogP contribution in [-0.2, 0) is 4.74 Å². The summed E-state index contributed by atoms with van der Waals surface area (Å²) in [6, 6.07) is 2.28. The summed E-state index contributed by atoms with van der Waals surface area (Å²) < 4.78 is 5.47. The molecule has 2 unspecified atom stereocenters. The topological polar surface area (TPSA) is 48.3 Å². The van der Waals surface area contributed by atoms with Gasteiger partial charge in [-0.3, -0.25) is 4.90 Å². The van der Waals surface area contributed by atoms with Crippen LogP contribution >= 0.6 is 0 Å². The summed E-state index contributed by atoms with van der Waals surface area (Å²) in [6.45, 7) is 8.77. The van der Waals surface area contributed by atoms with Gasteiger partial charge in [-0.1, -0.05) is 6.92 Å². The van der Waals surface area contributed by atoms with E-state index < -0.39 is 0 Å². The van der Waals surface area contributed by atoms with E-state index in [0.717, 1.165) is 39.2 Å². The Labute approximate surface area is 92.2 Å². The zero-order valence-corrected chi connectivity index (χ0v) is 9.70. The van der Waals surface area contributed by atoms with E-state index in [0.29, 0.717) is 6.10 Å². The van der Waals surface area contributed by atoms with Crippen molar-refractivity contribution < 1.29 is 4.74 Å². The molecule has 1 aliphatic heterocycles. The molecule has 0 radical (unpaired) electrons. The van der Waals surface area contributed by atoms with Crippen LogP contribution in [0.1, 0.15) is 20.3 Å². The number of nitrogens with one attached hydrogen (secondary N) is 1. The van der Waals surface area contributed by atoms with E-state index >= 15 is 0 Å². The number of rotatable bonds is 5. The minimum atomic E-state index is -0.00634. The molecule has 1 N–H and O–H groups in total. The van der Waals surface area contributed by atoms with Crippen molar-refractivity contribution in [1.29, 1.82) is 5.26 Å². The molecule has 1 fully saturated rings. The van der Waals surface area contributed by atoms with Crippen molar-refractivity contribution in [1.82, 2.24) is 10.2 Å². The standard InChI is InChI=1S/C11H21N3O/c1-3-13-11(8-12)4-5-14-6-7-15-10(2)9-14/h10-11,13H,3-7,9H2,1-2H3. The van der Waals surface area contributed by atoms with Gasteiger partial charge in [0.05, 0.1) is 24.8 Å². The van der Waals surface area contributed by atoms with E-state index in [-0.39, 0.29) is 6.04 Å². The summed E-state index contributed by atoms with van der Waals surface area (Å²) in [4.78, 5) is 2.37. The number of nitrogens with zero attached hydrogens (tertiary/aromatic N) is 2. The minimum absolute atomic E-state index is 0.00634. The van der Waals surface area contributed by atoms with Gasteiger partial charge in [-0.05, 0) is 19.9 Å². The molecule has 4 nitrogen and oxygen atoms in total. The normalized spacial score (nSPS) is 24.7. The maximum atomic E-state index is 8.88. The predicted octanol–water partition coefficient (Wildman–Crippen LogP) is 0.599. The average Bonchev–Trinajstić information content (AvgIpc) is 2.24. The summed E-state index contributed by atoms with van der Waals surface area (Å²) >= 11 is 0. The third-order valence-corrected chi connectivity index (χ3v) is 2.67. The van der Waals surface area contributed by atoms with Crippen molar-refractivity contribution in [2.45, 2.75) is 32.4 Å². The van der Waals surface area contributed by atoms with Crippen LogP contribution in [0.3, 0.4) is 0 Å². The molecule has 1 aliphatic rings. The van der Waals surface area contributed by atoms with Crippen LogP contribution in [0.5, 0.6) is 0 Å². The lowest BCUT2D eigenvalue weighted by atomic mass is 10.2. The molecule has 4 heteroatoms. The SMILES string of the molecule is CCNC(C#N)CCN1CCOC(C)C1. The zero-order valence-electron chi connectivity index (χ0n) is 9.70. The monoisotopic (exact) mass is 211 g/mol. The highest BCUT2D eigenvalue weighted by Gasteiger charge is 2.17. The second-order valence-electron chi connectivity index (χ2n) is 4.01. The molecule has 1 heterocycles. The van der Waals surface area contributed by atoms with Crippen molar-refractivity contribution in [2.24, 2.45) is 0 Å². The van der Waals surface area contributed by atoms with Crippen molar-refractivity contribution in [2.75, 3.05) is 32.8 Å². The van der Waals surface area contributed by atoms with Crippen LogP contribution < -0.4 is 5.32 Å². The van der Waals surface area contributed by atoms with Gasteiger partial charge in [-0.2, -0.15) is 5.26 Å². The van der Waals surface area contributed by atoms with Gasteiger partial charge < -0.3 is 10.1 Å². The fourth-order valence-corrected chi connectivity index (χ4v) is 1.86. The van der Waals surface area contributed by atoms with Crippen LogP contribution in [0.25, 0.3) is 0 Å². The first-order chi connectivity index (χ1) is 7.26. The van der Waals surface area contributed by atoms with E-state index in [4.69, 9.17) is 10.00 Å². The van der Waals surface area contributed by atoms with Crippen LogP contribution in [-0.4, -0.2) is 49.8 Å². The molecule has 0 aromatic heterocycles. The molecular formula is C11H21N3O. The van der Waals surface area contributed by atoms with Gasteiger partial charge in [-0.25, -0.2) is 0 Å². The van der Waals surface area contributed by atoms with Gasteiger partial charge >= 0.3 is 0 Å². The predicted molar refractivity (Wildman–Crippen MR) is 59.5 cm³/mol. The Hall–Kier alpha value is -0.630. The third-order valence-electron chi connectivity index (χ3n) is 2.67. The maximum absolute atomic E-state index is 8.88. The number of hydrogen-bond donors (Lipinski definition) is 1. The highest BCUT2D eigenvalue weighted by Crippen LogP contribution is 2.05. The van der Waals surface area contributed by atoms with Crippen molar-refractivity contribution in [3.8, 4) is 6.07 Å². The lowest BCUT2D eigenvalue weighted by Crippen LogP contribution is -2.43. The molecule has 86 valence electrons. The van der Waals surface area contributed by atoms with Crippen LogP contribution in [0.2, 0.25) is 0 Å². The van der Waals surface area contributed by atoms with Crippen LogP contribution in [0.4, 0.5) is 0 Å². The summed E-state index contributed by atoms with van der Waals surface area (Å²) in [6.07, 6.45) is 1.23. The van der Waals surface area contributed by atoms with E-state index in [1.807, 2.05) is 6.92 Å². The van der Waals surface area contributed by atoms with E-state index in [9.17, 15) is 0 Å². The van der Waals surface area contributed by atoms with E-state index in [1.54, 1.807) is 0 Å². The Balaban J connectivity index is 2.20. The number of morpholine rings is 1. The average molecular weight is 211 g/mol. The molecular weight excluding hydrogens is 190 g/mol. The van der Waals surface area contributed by atoms with E-state index in [1.165, 1.54) is 0 Å². The third kappa shape index (κ3) is 4.61. The number of nitriles is 1. The lowest BCUT2D eigenvalue weighted by molar-refractivity contribution is -0.0188. The Morgan fingerprint density at radius 1 is 1.67 bits per heavy atom. The Kier molecular flexibility index (Phi) is 5.62. The summed E-state index contributed by atoms with van der Waals surface area (Å²) in [5.41, 5.74) is 0. The van der Waals surface area contributed by atoms with Crippen molar-refractivity contribution >= 4 is 0 Å².